The second kappa shape index (κ2) is 10.1. The molecule has 29 heavy (non-hydrogen) atoms. The van der Waals surface area contributed by atoms with E-state index in [1.165, 1.54) is 21.2 Å². The van der Waals surface area contributed by atoms with Gasteiger partial charge in [-0.05, 0) is 41.5 Å². The molecule has 1 heterocycles. The molecule has 0 spiro atoms. The van der Waals surface area contributed by atoms with E-state index in [9.17, 15) is 19.8 Å². The van der Waals surface area contributed by atoms with Crippen LogP contribution in [0.25, 0.3) is 10.8 Å². The van der Waals surface area contributed by atoms with E-state index in [-0.39, 0.29) is 6.54 Å². The van der Waals surface area contributed by atoms with E-state index >= 15 is 0 Å². The van der Waals surface area contributed by atoms with Gasteiger partial charge in [0.25, 0.3) is 11.8 Å². The molecule has 0 aliphatic carbocycles. The van der Waals surface area contributed by atoms with Crippen molar-refractivity contribution in [3.63, 3.8) is 0 Å². The molecule has 3 N–H and O–H groups in total. The number of nitrogens with one attached hydrogen (secondary N) is 1. The Morgan fingerprint density at radius 2 is 1.76 bits per heavy atom. The number of carbonyl (C=O) groups excluding carboxylic acids is 2. The molecule has 0 unspecified atom stereocenters. The minimum absolute atomic E-state index is 0.289. The number of aliphatic hydroxyl groups excluding tert-OH is 2. The van der Waals surface area contributed by atoms with Gasteiger partial charge >= 0.3 is 0 Å². The SMILES string of the molecule is O=C(NCCCCl)[C@H](O)[C@@H](O)C(=O)N1CCC(c2ccc3ccccc3c2)CC1. The highest BCUT2D eigenvalue weighted by Gasteiger charge is 2.34. The number of likely N-dealkylation sites (tertiary alicyclic amines) is 1. The maximum Gasteiger partial charge on any atom is 0.254 e. The summed E-state index contributed by atoms with van der Waals surface area (Å²) in [7, 11) is 0. The number of hydrogen-bond acceptors (Lipinski definition) is 4. The van der Waals surface area contributed by atoms with E-state index in [2.05, 4.69) is 35.6 Å². The summed E-state index contributed by atoms with van der Waals surface area (Å²) in [4.78, 5) is 25.9. The third-order valence-electron chi connectivity index (χ3n) is 5.48. The quantitative estimate of drug-likeness (QED) is 0.474. The van der Waals surface area contributed by atoms with Crippen molar-refractivity contribution in [3.05, 3.63) is 48.0 Å². The van der Waals surface area contributed by atoms with Gasteiger partial charge in [-0.3, -0.25) is 9.59 Å². The Bertz CT molecular complexity index is 852. The van der Waals surface area contributed by atoms with Crippen LogP contribution in [0.1, 0.15) is 30.7 Å². The number of rotatable bonds is 7. The summed E-state index contributed by atoms with van der Waals surface area (Å²) in [6.07, 6.45) is -1.45. The van der Waals surface area contributed by atoms with Gasteiger partial charge in [0.2, 0.25) is 0 Å². The normalized spacial score (nSPS) is 17.1. The number of benzene rings is 2. The highest BCUT2D eigenvalue weighted by Crippen LogP contribution is 2.30. The zero-order valence-corrected chi connectivity index (χ0v) is 17.0. The molecule has 156 valence electrons. The van der Waals surface area contributed by atoms with Crippen LogP contribution < -0.4 is 5.32 Å². The van der Waals surface area contributed by atoms with Crippen LogP contribution in [0.2, 0.25) is 0 Å². The number of carbonyl (C=O) groups is 2. The molecular formula is C22H27ClN2O4. The lowest BCUT2D eigenvalue weighted by atomic mass is 9.88. The largest absolute Gasteiger partial charge is 0.380 e. The molecule has 1 aliphatic heterocycles. The Morgan fingerprint density at radius 3 is 2.45 bits per heavy atom. The Balaban J connectivity index is 1.55. The highest BCUT2D eigenvalue weighted by atomic mass is 35.5. The first-order valence-electron chi connectivity index (χ1n) is 9.98. The number of halogens is 1. The number of aliphatic hydroxyl groups is 2. The molecule has 6 nitrogen and oxygen atoms in total. The first-order valence-corrected chi connectivity index (χ1v) is 10.5. The van der Waals surface area contributed by atoms with E-state index in [4.69, 9.17) is 11.6 Å². The number of alkyl halides is 1. The molecular weight excluding hydrogens is 392 g/mol. The third kappa shape index (κ3) is 5.26. The Labute approximate surface area is 175 Å². The van der Waals surface area contributed by atoms with E-state index in [0.717, 1.165) is 12.8 Å². The summed E-state index contributed by atoms with van der Waals surface area (Å²) < 4.78 is 0. The van der Waals surface area contributed by atoms with E-state index < -0.39 is 24.0 Å². The van der Waals surface area contributed by atoms with Crippen molar-refractivity contribution in [1.82, 2.24) is 10.2 Å². The van der Waals surface area contributed by atoms with E-state index in [1.807, 2.05) is 12.1 Å². The van der Waals surface area contributed by atoms with Gasteiger partial charge in [-0.25, -0.2) is 0 Å². The molecule has 0 bridgehead atoms. The van der Waals surface area contributed by atoms with E-state index in [0.29, 0.717) is 31.3 Å². The molecule has 2 atom stereocenters. The van der Waals surface area contributed by atoms with Crippen molar-refractivity contribution in [2.24, 2.45) is 0 Å². The highest BCUT2D eigenvalue weighted by molar-refractivity contribution is 6.17. The van der Waals surface area contributed by atoms with Gasteiger partial charge in [-0.15, -0.1) is 11.6 Å². The number of piperidine rings is 1. The molecule has 1 saturated heterocycles. The van der Waals surface area contributed by atoms with Gasteiger partial charge in [0.05, 0.1) is 0 Å². The van der Waals surface area contributed by atoms with Crippen LogP contribution in [0.4, 0.5) is 0 Å². The summed E-state index contributed by atoms with van der Waals surface area (Å²) in [5, 5.41) is 25.0. The second-order valence-corrected chi connectivity index (χ2v) is 7.81. The molecule has 0 radical (unpaired) electrons. The summed E-state index contributed by atoms with van der Waals surface area (Å²) in [6.45, 7) is 1.25. The molecule has 0 aromatic heterocycles. The molecule has 3 rings (SSSR count). The predicted octanol–water partition coefficient (Wildman–Crippen LogP) is 2.01. The maximum atomic E-state index is 12.5. The van der Waals surface area contributed by atoms with Crippen LogP contribution in [-0.4, -0.2) is 64.6 Å². The standard InChI is InChI=1S/C22H27ClN2O4/c23-10-3-11-24-21(28)19(26)20(27)22(29)25-12-8-16(9-13-25)18-7-6-15-4-1-2-5-17(15)14-18/h1-2,4-7,14,16,19-20,26-27H,3,8-13H2,(H,24,28)/t19-,20-/m1/s1. The number of amides is 2. The Hall–Kier alpha value is -2.15. The third-order valence-corrected chi connectivity index (χ3v) is 5.75. The van der Waals surface area contributed by atoms with Gasteiger partial charge in [-0.1, -0.05) is 42.5 Å². The average Bonchev–Trinajstić information content (AvgIpc) is 2.77. The first-order chi connectivity index (χ1) is 14.0. The van der Waals surface area contributed by atoms with Crippen LogP contribution in [0, 0.1) is 0 Å². The molecule has 0 saturated carbocycles. The minimum Gasteiger partial charge on any atom is -0.380 e. The second-order valence-electron chi connectivity index (χ2n) is 7.43. The topological polar surface area (TPSA) is 89.9 Å². The molecule has 1 fully saturated rings. The smallest absolute Gasteiger partial charge is 0.254 e. The van der Waals surface area contributed by atoms with Crippen molar-refractivity contribution in [3.8, 4) is 0 Å². The lowest BCUT2D eigenvalue weighted by Gasteiger charge is -2.34. The van der Waals surface area contributed by atoms with Crippen molar-refractivity contribution >= 4 is 34.2 Å². The van der Waals surface area contributed by atoms with Gasteiger partial charge in [0, 0.05) is 25.5 Å². The average molecular weight is 419 g/mol. The predicted molar refractivity (Wildman–Crippen MR) is 113 cm³/mol. The minimum atomic E-state index is -1.78. The van der Waals surface area contributed by atoms with Crippen LogP contribution in [-0.2, 0) is 9.59 Å². The number of fused-ring (bicyclic) bond motifs is 1. The monoisotopic (exact) mass is 418 g/mol. The lowest BCUT2D eigenvalue weighted by Crippen LogP contribution is -2.52. The van der Waals surface area contributed by atoms with Crippen LogP contribution >= 0.6 is 11.6 Å². The van der Waals surface area contributed by atoms with Crippen molar-refractivity contribution in [2.45, 2.75) is 37.4 Å². The van der Waals surface area contributed by atoms with Crippen molar-refractivity contribution in [1.29, 1.82) is 0 Å². The van der Waals surface area contributed by atoms with Crippen molar-refractivity contribution in [2.75, 3.05) is 25.5 Å². The fourth-order valence-electron chi connectivity index (χ4n) is 3.74. The summed E-state index contributed by atoms with van der Waals surface area (Å²) in [5.41, 5.74) is 1.25. The summed E-state index contributed by atoms with van der Waals surface area (Å²) >= 11 is 5.54. The summed E-state index contributed by atoms with van der Waals surface area (Å²) in [6, 6.07) is 14.7. The number of hydrogen-bond donors (Lipinski definition) is 3. The van der Waals surface area contributed by atoms with Crippen molar-refractivity contribution < 1.29 is 19.8 Å². The zero-order chi connectivity index (χ0) is 20.8. The molecule has 7 heteroatoms. The molecule has 2 amide bonds. The molecule has 2 aromatic rings. The molecule has 2 aromatic carbocycles. The van der Waals surface area contributed by atoms with Gasteiger partial charge in [-0.2, -0.15) is 0 Å². The maximum absolute atomic E-state index is 12.5. The Morgan fingerprint density at radius 1 is 1.07 bits per heavy atom. The number of nitrogens with zero attached hydrogens (tertiary/aromatic N) is 1. The molecule has 1 aliphatic rings. The lowest BCUT2D eigenvalue weighted by molar-refractivity contribution is -0.153. The fraction of sp³-hybridized carbons (Fsp3) is 0.455. The Kier molecular flexibility index (Phi) is 7.47. The summed E-state index contributed by atoms with van der Waals surface area (Å²) in [5.74, 6) is -0.655. The van der Waals surface area contributed by atoms with Gasteiger partial charge < -0.3 is 20.4 Å². The fourth-order valence-corrected chi connectivity index (χ4v) is 3.88. The van der Waals surface area contributed by atoms with Gasteiger partial charge in [0.15, 0.2) is 12.2 Å². The van der Waals surface area contributed by atoms with Crippen LogP contribution in [0.3, 0.4) is 0 Å². The van der Waals surface area contributed by atoms with Gasteiger partial charge in [0.1, 0.15) is 0 Å². The van der Waals surface area contributed by atoms with Crippen LogP contribution in [0.5, 0.6) is 0 Å². The zero-order valence-electron chi connectivity index (χ0n) is 16.3. The van der Waals surface area contributed by atoms with Crippen LogP contribution in [0.15, 0.2) is 42.5 Å². The first kappa shape index (κ1) is 21.6. The van der Waals surface area contributed by atoms with E-state index in [1.54, 1.807) is 0 Å².